The molecule has 23 heavy (non-hydrogen) atoms. The van der Waals surface area contributed by atoms with Crippen molar-refractivity contribution in [2.75, 3.05) is 25.0 Å². The number of piperidine rings is 1. The van der Waals surface area contributed by atoms with Crippen LogP contribution in [-0.4, -0.2) is 41.7 Å². The molecular formula is C19H30N2O2. The van der Waals surface area contributed by atoms with Crippen LogP contribution < -0.4 is 5.32 Å². The molecule has 4 nitrogen and oxygen atoms in total. The summed E-state index contributed by atoms with van der Waals surface area (Å²) in [6.07, 6.45) is 2.04. The molecule has 0 bridgehead atoms. The second-order valence-electron chi connectivity index (χ2n) is 7.45. The Bertz CT molecular complexity index is 544. The number of hydrogen-bond donors (Lipinski definition) is 2. The summed E-state index contributed by atoms with van der Waals surface area (Å²) >= 11 is 0. The lowest BCUT2D eigenvalue weighted by Gasteiger charge is -2.41. The summed E-state index contributed by atoms with van der Waals surface area (Å²) in [6, 6.07) is 7.80. The van der Waals surface area contributed by atoms with Gasteiger partial charge in [-0.25, -0.2) is 0 Å². The van der Waals surface area contributed by atoms with E-state index in [1.54, 1.807) is 0 Å². The Morgan fingerprint density at radius 1 is 1.35 bits per heavy atom. The highest BCUT2D eigenvalue weighted by atomic mass is 16.3. The minimum atomic E-state index is -0.193. The van der Waals surface area contributed by atoms with Crippen LogP contribution in [0.3, 0.4) is 0 Å². The Morgan fingerprint density at radius 2 is 2.04 bits per heavy atom. The number of rotatable bonds is 5. The molecule has 0 spiro atoms. The highest BCUT2D eigenvalue weighted by molar-refractivity contribution is 5.95. The maximum absolute atomic E-state index is 12.7. The van der Waals surface area contributed by atoms with E-state index in [2.05, 4.69) is 37.1 Å². The van der Waals surface area contributed by atoms with Gasteiger partial charge >= 0.3 is 0 Å². The molecule has 0 radical (unpaired) electrons. The molecule has 1 aromatic rings. The fraction of sp³-hybridized carbons (Fsp3) is 0.632. The van der Waals surface area contributed by atoms with E-state index in [1.165, 1.54) is 0 Å². The van der Waals surface area contributed by atoms with Gasteiger partial charge in [0.05, 0.1) is 6.04 Å². The Labute approximate surface area is 139 Å². The standard InChI is InChI=1S/C19H30N2O2/c1-14(2)16-8-5-6-9-17(16)20-18(23)15(3)21-11-7-10-19(4,12-21)13-22/h5-6,8-9,14-15,22H,7,10-13H2,1-4H3,(H,20,23). The van der Waals surface area contributed by atoms with E-state index in [0.717, 1.165) is 37.2 Å². The van der Waals surface area contributed by atoms with Gasteiger partial charge < -0.3 is 10.4 Å². The molecule has 2 rings (SSSR count). The predicted molar refractivity (Wildman–Crippen MR) is 94.6 cm³/mol. The van der Waals surface area contributed by atoms with Crippen molar-refractivity contribution in [3.63, 3.8) is 0 Å². The van der Waals surface area contributed by atoms with Gasteiger partial charge in [-0.3, -0.25) is 9.69 Å². The second-order valence-corrected chi connectivity index (χ2v) is 7.45. The fourth-order valence-electron chi connectivity index (χ4n) is 3.33. The second kappa shape index (κ2) is 7.45. The van der Waals surface area contributed by atoms with Crippen LogP contribution in [0.5, 0.6) is 0 Å². The number of nitrogens with zero attached hydrogens (tertiary/aromatic N) is 1. The zero-order valence-electron chi connectivity index (χ0n) is 14.8. The number of benzene rings is 1. The molecule has 4 heteroatoms. The fourth-order valence-corrected chi connectivity index (χ4v) is 3.33. The number of para-hydroxylation sites is 1. The zero-order valence-corrected chi connectivity index (χ0v) is 14.8. The molecule has 1 saturated heterocycles. The summed E-state index contributed by atoms with van der Waals surface area (Å²) in [5.74, 6) is 0.398. The van der Waals surface area contributed by atoms with Crippen molar-refractivity contribution >= 4 is 11.6 Å². The normalized spacial score (nSPS) is 23.7. The first-order valence-corrected chi connectivity index (χ1v) is 8.61. The Balaban J connectivity index is 2.06. The van der Waals surface area contributed by atoms with Gasteiger partial charge in [-0.05, 0) is 43.9 Å². The van der Waals surface area contributed by atoms with E-state index in [4.69, 9.17) is 0 Å². The number of carbonyl (C=O) groups is 1. The zero-order chi connectivity index (χ0) is 17.0. The average molecular weight is 318 g/mol. The van der Waals surface area contributed by atoms with Crippen molar-refractivity contribution in [2.24, 2.45) is 5.41 Å². The summed E-state index contributed by atoms with van der Waals surface area (Å²) in [4.78, 5) is 14.9. The van der Waals surface area contributed by atoms with Gasteiger partial charge in [-0.15, -0.1) is 0 Å². The van der Waals surface area contributed by atoms with Crippen LogP contribution in [0.2, 0.25) is 0 Å². The van der Waals surface area contributed by atoms with Crippen molar-refractivity contribution in [3.8, 4) is 0 Å². The number of carbonyl (C=O) groups excluding carboxylic acids is 1. The van der Waals surface area contributed by atoms with Gasteiger partial charge in [0.2, 0.25) is 5.91 Å². The monoisotopic (exact) mass is 318 g/mol. The van der Waals surface area contributed by atoms with Crippen molar-refractivity contribution in [2.45, 2.75) is 52.5 Å². The molecule has 0 aliphatic carbocycles. The van der Waals surface area contributed by atoms with Crippen LogP contribution in [0, 0.1) is 5.41 Å². The number of aliphatic hydroxyl groups is 1. The van der Waals surface area contributed by atoms with Gasteiger partial charge in [-0.2, -0.15) is 0 Å². The number of hydrogen-bond acceptors (Lipinski definition) is 3. The third kappa shape index (κ3) is 4.33. The topological polar surface area (TPSA) is 52.6 Å². The highest BCUT2D eigenvalue weighted by Crippen LogP contribution is 2.30. The minimum Gasteiger partial charge on any atom is -0.396 e. The Morgan fingerprint density at radius 3 is 2.70 bits per heavy atom. The molecule has 1 fully saturated rings. The summed E-state index contributed by atoms with van der Waals surface area (Å²) in [7, 11) is 0. The van der Waals surface area contributed by atoms with Crippen LogP contribution in [0.4, 0.5) is 5.69 Å². The molecule has 1 aliphatic heterocycles. The average Bonchev–Trinajstić information content (AvgIpc) is 2.54. The van der Waals surface area contributed by atoms with Crippen molar-refractivity contribution in [1.82, 2.24) is 4.90 Å². The molecule has 128 valence electrons. The molecule has 2 atom stereocenters. The van der Waals surface area contributed by atoms with Gasteiger partial charge in [0.25, 0.3) is 0 Å². The molecule has 1 heterocycles. The van der Waals surface area contributed by atoms with E-state index >= 15 is 0 Å². The first-order valence-electron chi connectivity index (χ1n) is 8.61. The van der Waals surface area contributed by atoms with Crippen LogP contribution in [-0.2, 0) is 4.79 Å². The first-order chi connectivity index (χ1) is 10.9. The quantitative estimate of drug-likeness (QED) is 0.876. The lowest BCUT2D eigenvalue weighted by atomic mass is 9.82. The number of nitrogens with one attached hydrogen (secondary N) is 1. The highest BCUT2D eigenvalue weighted by Gasteiger charge is 2.34. The molecule has 2 N–H and O–H groups in total. The summed E-state index contributed by atoms with van der Waals surface area (Å²) < 4.78 is 0. The maximum Gasteiger partial charge on any atom is 0.241 e. The lowest BCUT2D eigenvalue weighted by Crippen LogP contribution is -2.51. The van der Waals surface area contributed by atoms with E-state index in [1.807, 2.05) is 25.1 Å². The lowest BCUT2D eigenvalue weighted by molar-refractivity contribution is -0.122. The largest absolute Gasteiger partial charge is 0.396 e. The molecular weight excluding hydrogens is 288 g/mol. The van der Waals surface area contributed by atoms with E-state index in [0.29, 0.717) is 5.92 Å². The summed E-state index contributed by atoms with van der Waals surface area (Å²) in [6.45, 7) is 10.2. The number of amides is 1. The predicted octanol–water partition coefficient (Wildman–Crippen LogP) is 3.23. The number of anilines is 1. The van der Waals surface area contributed by atoms with Gasteiger partial charge in [0, 0.05) is 24.3 Å². The van der Waals surface area contributed by atoms with Gasteiger partial charge in [0.15, 0.2) is 0 Å². The third-order valence-electron chi connectivity index (χ3n) is 4.96. The van der Waals surface area contributed by atoms with Crippen molar-refractivity contribution < 1.29 is 9.90 Å². The Hall–Kier alpha value is -1.39. The van der Waals surface area contributed by atoms with E-state index in [-0.39, 0.29) is 24.0 Å². The van der Waals surface area contributed by atoms with Crippen molar-refractivity contribution in [3.05, 3.63) is 29.8 Å². The maximum atomic E-state index is 12.7. The first kappa shape index (κ1) is 18.0. The molecule has 1 amide bonds. The van der Waals surface area contributed by atoms with Crippen LogP contribution in [0.1, 0.15) is 52.0 Å². The van der Waals surface area contributed by atoms with Crippen molar-refractivity contribution in [1.29, 1.82) is 0 Å². The summed E-state index contributed by atoms with van der Waals surface area (Å²) in [5, 5.41) is 12.7. The molecule has 2 unspecified atom stereocenters. The van der Waals surface area contributed by atoms with E-state index in [9.17, 15) is 9.90 Å². The molecule has 1 aromatic carbocycles. The SMILES string of the molecule is CC(C)c1ccccc1NC(=O)C(C)N1CCCC(C)(CO)C1. The Kier molecular flexibility index (Phi) is 5.82. The molecule has 0 saturated carbocycles. The smallest absolute Gasteiger partial charge is 0.241 e. The van der Waals surface area contributed by atoms with Crippen LogP contribution in [0.25, 0.3) is 0 Å². The van der Waals surface area contributed by atoms with Gasteiger partial charge in [0.1, 0.15) is 0 Å². The van der Waals surface area contributed by atoms with Crippen LogP contribution in [0.15, 0.2) is 24.3 Å². The molecule has 1 aliphatic rings. The van der Waals surface area contributed by atoms with Crippen LogP contribution >= 0.6 is 0 Å². The van der Waals surface area contributed by atoms with Gasteiger partial charge in [-0.1, -0.05) is 39.0 Å². The third-order valence-corrected chi connectivity index (χ3v) is 4.96. The van der Waals surface area contributed by atoms with E-state index < -0.39 is 0 Å². The molecule has 0 aromatic heterocycles. The summed E-state index contributed by atoms with van der Waals surface area (Å²) in [5.41, 5.74) is 1.97. The number of likely N-dealkylation sites (tertiary alicyclic amines) is 1. The number of aliphatic hydroxyl groups excluding tert-OH is 1. The minimum absolute atomic E-state index is 0.0280.